The third kappa shape index (κ3) is 8.02. The molecule has 0 saturated heterocycles. The largest absolute Gasteiger partial charge is 0.389 e. The normalized spacial score (nSPS) is 11.1. The van der Waals surface area contributed by atoms with Crippen LogP contribution in [0.1, 0.15) is 6.92 Å². The van der Waals surface area contributed by atoms with Crippen LogP contribution in [0.2, 0.25) is 0 Å². The Morgan fingerprint density at radius 1 is 0.561 bits per heavy atom. The van der Waals surface area contributed by atoms with Crippen molar-refractivity contribution in [3.8, 4) is 33.4 Å². The highest BCUT2D eigenvalue weighted by Crippen LogP contribution is 2.43. The van der Waals surface area contributed by atoms with E-state index in [1.807, 2.05) is 50.6 Å². The SMILES string of the molecule is C=C/C=C\C(=C)NC.C=CC=NC(=C)C.c1cnc2c(-c3ccc(-c4ccc5ccc6c(-c7cccc8ncccc78)ccc7ccc4c5c76)cc3)cccc2c1. The van der Waals surface area contributed by atoms with Crippen LogP contribution < -0.4 is 5.32 Å². The van der Waals surface area contributed by atoms with Crippen LogP contribution in [0, 0.1) is 0 Å². The molecule has 276 valence electrons. The van der Waals surface area contributed by atoms with E-state index in [0.717, 1.165) is 33.4 Å². The molecule has 0 aliphatic rings. The lowest BCUT2D eigenvalue weighted by Gasteiger charge is -2.17. The van der Waals surface area contributed by atoms with Gasteiger partial charge in [0.15, 0.2) is 0 Å². The maximum atomic E-state index is 4.67. The summed E-state index contributed by atoms with van der Waals surface area (Å²) in [5.74, 6) is 0. The Labute approximate surface area is 334 Å². The van der Waals surface area contributed by atoms with Gasteiger partial charge in [0.2, 0.25) is 0 Å². The van der Waals surface area contributed by atoms with Gasteiger partial charge >= 0.3 is 0 Å². The van der Waals surface area contributed by atoms with Crippen LogP contribution in [0.25, 0.3) is 87.5 Å². The van der Waals surface area contributed by atoms with Crippen molar-refractivity contribution < 1.29 is 0 Å². The van der Waals surface area contributed by atoms with Gasteiger partial charge in [0, 0.05) is 53.4 Å². The molecule has 1 N–H and O–H groups in total. The number of likely N-dealkylation sites (N-methyl/N-ethyl adjacent to an activating group) is 1. The molecule has 0 atom stereocenters. The summed E-state index contributed by atoms with van der Waals surface area (Å²) < 4.78 is 0. The molecule has 0 radical (unpaired) electrons. The lowest BCUT2D eigenvalue weighted by Crippen LogP contribution is -1.99. The highest BCUT2D eigenvalue weighted by Gasteiger charge is 2.16. The summed E-state index contributed by atoms with van der Waals surface area (Å²) in [7, 11) is 1.83. The second-order valence-corrected chi connectivity index (χ2v) is 13.6. The van der Waals surface area contributed by atoms with Crippen molar-refractivity contribution in [3.63, 3.8) is 0 Å². The maximum Gasteiger partial charge on any atom is 0.0780 e. The van der Waals surface area contributed by atoms with Crippen molar-refractivity contribution in [2.24, 2.45) is 4.99 Å². The molecule has 0 bridgehead atoms. The van der Waals surface area contributed by atoms with Gasteiger partial charge < -0.3 is 5.32 Å². The average molecular weight is 737 g/mol. The molecule has 0 aliphatic carbocycles. The molecule has 2 heterocycles. The summed E-state index contributed by atoms with van der Waals surface area (Å²) in [5, 5.41) is 12.9. The number of allylic oxidation sites excluding steroid dienone is 5. The number of aromatic nitrogens is 2. The molecule has 0 unspecified atom stereocenters. The van der Waals surface area contributed by atoms with E-state index in [4.69, 9.17) is 0 Å². The standard InChI is InChI=1S/C40H24N2.C7H11N.C6H9N/c1-5-29-6-3-24-42-40(29)31(7-1)26-13-11-25(12-14-26)30-19-15-27-18-22-36-33(20-16-28-17-21-35(30)38(27)39(28)36)32-8-2-10-37-34(32)9-4-23-41-37;1-4-5-6-7(2)8-3;1-4-5-7-6(2)3/h1-24H;4-6,8H,1-2H2,3H3;4-5H,1-2H2,3H3/b;6-5-;. The van der Waals surface area contributed by atoms with Crippen LogP contribution in [0.15, 0.2) is 213 Å². The highest BCUT2D eigenvalue weighted by molar-refractivity contribution is 6.28. The van der Waals surface area contributed by atoms with Gasteiger partial charge in [-0.3, -0.25) is 15.0 Å². The van der Waals surface area contributed by atoms with Crippen LogP contribution in [-0.4, -0.2) is 23.2 Å². The number of nitrogens with zero attached hydrogens (tertiary/aromatic N) is 3. The Hall–Kier alpha value is -7.43. The Bertz CT molecular complexity index is 2960. The van der Waals surface area contributed by atoms with E-state index < -0.39 is 0 Å². The quantitative estimate of drug-likeness (QED) is 0.0960. The summed E-state index contributed by atoms with van der Waals surface area (Å²) in [6, 6.07) is 48.3. The molecule has 0 amide bonds. The van der Waals surface area contributed by atoms with Gasteiger partial charge in [0.05, 0.1) is 11.0 Å². The number of pyridine rings is 2. The molecule has 7 aromatic carbocycles. The summed E-state index contributed by atoms with van der Waals surface area (Å²) >= 11 is 0. The van der Waals surface area contributed by atoms with Crippen molar-refractivity contribution in [1.82, 2.24) is 15.3 Å². The first-order valence-corrected chi connectivity index (χ1v) is 18.9. The van der Waals surface area contributed by atoms with Gasteiger partial charge in [-0.15, -0.1) is 0 Å². The van der Waals surface area contributed by atoms with Crippen molar-refractivity contribution >= 4 is 60.3 Å². The fourth-order valence-corrected chi connectivity index (χ4v) is 7.24. The van der Waals surface area contributed by atoms with Gasteiger partial charge in [0.1, 0.15) is 0 Å². The van der Waals surface area contributed by atoms with Crippen LogP contribution in [0.3, 0.4) is 0 Å². The zero-order valence-corrected chi connectivity index (χ0v) is 32.4. The number of benzene rings is 7. The first-order valence-electron chi connectivity index (χ1n) is 18.9. The molecular formula is C53H44N4. The predicted octanol–water partition coefficient (Wildman–Crippen LogP) is 13.9. The molecule has 0 fully saturated rings. The van der Waals surface area contributed by atoms with E-state index in [1.165, 1.54) is 65.5 Å². The van der Waals surface area contributed by atoms with Gasteiger partial charge in [0.25, 0.3) is 0 Å². The molecular weight excluding hydrogens is 693 g/mol. The van der Waals surface area contributed by atoms with Crippen LogP contribution >= 0.6 is 0 Å². The maximum absolute atomic E-state index is 4.67. The van der Waals surface area contributed by atoms with E-state index in [0.29, 0.717) is 0 Å². The summed E-state index contributed by atoms with van der Waals surface area (Å²) in [6.07, 6.45) is 12.4. The average Bonchev–Trinajstić information content (AvgIpc) is 3.26. The van der Waals surface area contributed by atoms with Gasteiger partial charge in [-0.2, -0.15) is 0 Å². The number of aliphatic imine (C=N–C) groups is 1. The number of hydrogen-bond acceptors (Lipinski definition) is 4. The number of nitrogens with one attached hydrogen (secondary N) is 1. The van der Waals surface area contributed by atoms with Gasteiger partial charge in [-0.1, -0.05) is 160 Å². The van der Waals surface area contributed by atoms with Crippen LogP contribution in [-0.2, 0) is 0 Å². The third-order valence-corrected chi connectivity index (χ3v) is 9.90. The summed E-state index contributed by atoms with van der Waals surface area (Å²) in [4.78, 5) is 13.1. The minimum atomic E-state index is 0.805. The van der Waals surface area contributed by atoms with E-state index in [9.17, 15) is 0 Å². The number of fused-ring (bicyclic) bond motifs is 2. The lowest BCUT2D eigenvalue weighted by atomic mass is 9.86. The number of hydrogen-bond donors (Lipinski definition) is 1. The van der Waals surface area contributed by atoms with Gasteiger partial charge in [-0.05, 0) is 91.3 Å². The Morgan fingerprint density at radius 3 is 1.81 bits per heavy atom. The zero-order valence-electron chi connectivity index (χ0n) is 32.4. The Morgan fingerprint density at radius 2 is 1.14 bits per heavy atom. The first-order chi connectivity index (χ1) is 27.9. The van der Waals surface area contributed by atoms with Crippen molar-refractivity contribution in [2.45, 2.75) is 6.92 Å². The molecule has 2 aromatic heterocycles. The monoisotopic (exact) mass is 736 g/mol. The minimum absolute atomic E-state index is 0.805. The Kier molecular flexibility index (Phi) is 11.5. The van der Waals surface area contributed by atoms with Crippen LogP contribution in [0.5, 0.6) is 0 Å². The van der Waals surface area contributed by atoms with Crippen molar-refractivity contribution in [3.05, 3.63) is 208 Å². The Balaban J connectivity index is 0.000000283. The number of rotatable bonds is 8. The smallest absolute Gasteiger partial charge is 0.0780 e. The van der Waals surface area contributed by atoms with E-state index in [2.05, 4.69) is 168 Å². The fraction of sp³-hybridized carbons (Fsp3) is 0.0377. The lowest BCUT2D eigenvalue weighted by molar-refractivity contribution is 1.04. The topological polar surface area (TPSA) is 50.2 Å². The summed E-state index contributed by atoms with van der Waals surface area (Å²) in [6.45, 7) is 16.0. The molecule has 57 heavy (non-hydrogen) atoms. The molecule has 9 rings (SSSR count). The first kappa shape index (κ1) is 37.9. The summed E-state index contributed by atoms with van der Waals surface area (Å²) in [5.41, 5.74) is 11.0. The van der Waals surface area contributed by atoms with Gasteiger partial charge in [-0.25, -0.2) is 0 Å². The van der Waals surface area contributed by atoms with E-state index in [1.54, 1.807) is 18.4 Å². The minimum Gasteiger partial charge on any atom is -0.389 e. The molecule has 0 spiro atoms. The van der Waals surface area contributed by atoms with E-state index in [-0.39, 0.29) is 0 Å². The molecule has 4 nitrogen and oxygen atoms in total. The van der Waals surface area contributed by atoms with Crippen molar-refractivity contribution in [1.29, 1.82) is 0 Å². The molecule has 0 aliphatic heterocycles. The fourth-order valence-electron chi connectivity index (χ4n) is 7.24. The highest BCUT2D eigenvalue weighted by atomic mass is 14.8. The predicted molar refractivity (Wildman–Crippen MR) is 248 cm³/mol. The molecule has 9 aromatic rings. The number of para-hydroxylation sites is 1. The van der Waals surface area contributed by atoms with Crippen molar-refractivity contribution in [2.75, 3.05) is 7.05 Å². The van der Waals surface area contributed by atoms with Crippen LogP contribution in [0.4, 0.5) is 0 Å². The molecule has 4 heteroatoms. The second kappa shape index (κ2) is 17.4. The molecule has 0 saturated carbocycles. The van der Waals surface area contributed by atoms with E-state index >= 15 is 0 Å². The third-order valence-electron chi connectivity index (χ3n) is 9.90. The zero-order chi connectivity index (χ0) is 39.7. The second-order valence-electron chi connectivity index (χ2n) is 13.6.